The van der Waals surface area contributed by atoms with Crippen molar-refractivity contribution in [2.24, 2.45) is 4.99 Å². The monoisotopic (exact) mass is 248 g/mol. The molecule has 0 unspecified atom stereocenters. The van der Waals surface area contributed by atoms with Gasteiger partial charge >= 0.3 is 0 Å². The summed E-state index contributed by atoms with van der Waals surface area (Å²) in [5.74, 6) is 0.504. The largest absolute Gasteiger partial charge is 0.283 e. The zero-order valence-corrected chi connectivity index (χ0v) is 9.91. The molecule has 1 aromatic carbocycles. The minimum Gasteiger partial charge on any atom is -0.283 e. The number of benzene rings is 1. The van der Waals surface area contributed by atoms with Crippen LogP contribution in [0.3, 0.4) is 0 Å². The molecule has 0 saturated heterocycles. The third-order valence-corrected chi connectivity index (χ3v) is 3.36. The molecule has 3 rings (SSSR count). The van der Waals surface area contributed by atoms with E-state index in [-0.39, 0.29) is 5.82 Å². The zero-order valence-electron chi connectivity index (χ0n) is 9.09. The van der Waals surface area contributed by atoms with E-state index in [1.165, 1.54) is 23.9 Å². The van der Waals surface area contributed by atoms with Crippen LogP contribution >= 0.6 is 11.8 Å². The molecule has 1 aliphatic rings. The quantitative estimate of drug-likeness (QED) is 0.716. The summed E-state index contributed by atoms with van der Waals surface area (Å²) >= 11 is 1.51. The van der Waals surface area contributed by atoms with Gasteiger partial charge in [0, 0.05) is 5.56 Å². The molecule has 0 bridgehead atoms. The van der Waals surface area contributed by atoms with Crippen LogP contribution in [-0.2, 0) is 6.54 Å². The zero-order chi connectivity index (χ0) is 11.8. The molecule has 0 amide bonds. The van der Waals surface area contributed by atoms with Crippen molar-refractivity contribution in [1.29, 1.82) is 0 Å². The molecule has 0 atom stereocenters. The van der Waals surface area contributed by atoms with Crippen LogP contribution < -0.4 is 0 Å². The first-order valence-corrected chi connectivity index (χ1v) is 6.29. The predicted molar refractivity (Wildman–Crippen MR) is 65.1 cm³/mol. The second-order valence-electron chi connectivity index (χ2n) is 3.60. The predicted octanol–water partition coefficient (Wildman–Crippen LogP) is 2.03. The van der Waals surface area contributed by atoms with Crippen LogP contribution in [0.4, 0.5) is 4.39 Å². The fourth-order valence-electron chi connectivity index (χ4n) is 1.86. The summed E-state index contributed by atoms with van der Waals surface area (Å²) in [6, 6.07) is 4.67. The minimum atomic E-state index is -0.262. The van der Waals surface area contributed by atoms with E-state index in [1.54, 1.807) is 12.4 Å². The van der Waals surface area contributed by atoms with Crippen LogP contribution in [0, 0.1) is 5.82 Å². The number of thioether (sulfide) groups is 1. The van der Waals surface area contributed by atoms with Gasteiger partial charge in [0.25, 0.3) is 0 Å². The lowest BCUT2D eigenvalue weighted by Gasteiger charge is -2.09. The summed E-state index contributed by atoms with van der Waals surface area (Å²) in [7, 11) is 0. The van der Waals surface area contributed by atoms with Crippen LogP contribution in [0.5, 0.6) is 0 Å². The van der Waals surface area contributed by atoms with Crippen molar-refractivity contribution in [1.82, 2.24) is 14.8 Å². The molecule has 0 saturated carbocycles. The SMILES string of the molecule is CSC1=NCc2nncn2-c2ccc(F)cc21. The second kappa shape index (κ2) is 3.96. The number of aromatic nitrogens is 3. The molecule has 0 aliphatic carbocycles. The Morgan fingerprint density at radius 1 is 1.41 bits per heavy atom. The molecule has 17 heavy (non-hydrogen) atoms. The Labute approximate surface area is 102 Å². The standard InChI is InChI=1S/C11H9FN4S/c1-17-11-8-4-7(12)2-3-9(8)16-6-14-15-10(16)5-13-11/h2-4,6H,5H2,1H3. The lowest BCUT2D eigenvalue weighted by atomic mass is 10.2. The van der Waals surface area contributed by atoms with Crippen molar-refractivity contribution in [2.45, 2.75) is 6.54 Å². The van der Waals surface area contributed by atoms with Gasteiger partial charge in [-0.05, 0) is 24.5 Å². The van der Waals surface area contributed by atoms with Crippen molar-refractivity contribution < 1.29 is 4.39 Å². The van der Waals surface area contributed by atoms with Crippen molar-refractivity contribution in [3.8, 4) is 5.69 Å². The normalized spacial score (nSPS) is 13.6. The first-order valence-electron chi connectivity index (χ1n) is 5.07. The second-order valence-corrected chi connectivity index (χ2v) is 4.40. The van der Waals surface area contributed by atoms with Gasteiger partial charge < -0.3 is 0 Å². The molecule has 6 heteroatoms. The molecular formula is C11H9FN4S. The summed E-state index contributed by atoms with van der Waals surface area (Å²) in [5, 5.41) is 8.69. The number of nitrogens with zero attached hydrogens (tertiary/aromatic N) is 4. The number of halogens is 1. The lowest BCUT2D eigenvalue weighted by molar-refractivity contribution is 0.627. The Hall–Kier alpha value is -1.69. The highest BCUT2D eigenvalue weighted by molar-refractivity contribution is 8.13. The van der Waals surface area contributed by atoms with Crippen LogP contribution in [-0.4, -0.2) is 26.1 Å². The summed E-state index contributed by atoms with van der Waals surface area (Å²) < 4.78 is 15.2. The van der Waals surface area contributed by atoms with E-state index in [1.807, 2.05) is 10.8 Å². The molecule has 86 valence electrons. The van der Waals surface area contributed by atoms with Gasteiger partial charge in [-0.15, -0.1) is 22.0 Å². The number of hydrogen-bond donors (Lipinski definition) is 0. The number of fused-ring (bicyclic) bond motifs is 3. The van der Waals surface area contributed by atoms with E-state index in [2.05, 4.69) is 15.2 Å². The molecule has 2 aromatic rings. The average Bonchev–Trinajstić information content (AvgIpc) is 2.73. The molecule has 0 fully saturated rings. The first-order chi connectivity index (χ1) is 8.29. The van der Waals surface area contributed by atoms with Gasteiger partial charge in [0.1, 0.15) is 23.7 Å². The molecule has 0 spiro atoms. The number of aliphatic imine (C=N–C) groups is 1. The number of hydrogen-bond acceptors (Lipinski definition) is 4. The van der Waals surface area contributed by atoms with Gasteiger partial charge in [-0.3, -0.25) is 9.56 Å². The van der Waals surface area contributed by atoms with Crippen LogP contribution in [0.25, 0.3) is 5.69 Å². The van der Waals surface area contributed by atoms with Gasteiger partial charge in [-0.2, -0.15) is 0 Å². The van der Waals surface area contributed by atoms with E-state index in [0.29, 0.717) is 6.54 Å². The third kappa shape index (κ3) is 1.64. The summed E-state index contributed by atoms with van der Waals surface area (Å²) in [6.45, 7) is 0.465. The summed E-state index contributed by atoms with van der Waals surface area (Å²) in [5.41, 5.74) is 1.66. The van der Waals surface area contributed by atoms with Crippen molar-refractivity contribution in [2.75, 3.05) is 6.26 Å². The van der Waals surface area contributed by atoms with Gasteiger partial charge in [0.2, 0.25) is 0 Å². The molecule has 0 radical (unpaired) electrons. The van der Waals surface area contributed by atoms with E-state index >= 15 is 0 Å². The first kappa shape index (κ1) is 10.5. The van der Waals surface area contributed by atoms with Crippen molar-refractivity contribution in [3.05, 3.63) is 41.7 Å². The van der Waals surface area contributed by atoms with Crippen molar-refractivity contribution >= 4 is 16.8 Å². The third-order valence-electron chi connectivity index (χ3n) is 2.62. The highest BCUT2D eigenvalue weighted by Crippen LogP contribution is 2.25. The van der Waals surface area contributed by atoms with E-state index in [4.69, 9.17) is 0 Å². The van der Waals surface area contributed by atoms with Crippen LogP contribution in [0.2, 0.25) is 0 Å². The highest BCUT2D eigenvalue weighted by Gasteiger charge is 2.18. The maximum absolute atomic E-state index is 13.3. The smallest absolute Gasteiger partial charge is 0.159 e. The van der Waals surface area contributed by atoms with Crippen LogP contribution in [0.1, 0.15) is 11.4 Å². The molecule has 1 aliphatic heterocycles. The lowest BCUT2D eigenvalue weighted by Crippen LogP contribution is -2.03. The summed E-state index contributed by atoms with van der Waals surface area (Å²) in [4.78, 5) is 4.43. The van der Waals surface area contributed by atoms with Gasteiger partial charge in [-0.25, -0.2) is 4.39 Å². The fourth-order valence-corrected chi connectivity index (χ4v) is 2.44. The van der Waals surface area contributed by atoms with Crippen molar-refractivity contribution in [3.63, 3.8) is 0 Å². The van der Waals surface area contributed by atoms with E-state index < -0.39 is 0 Å². The highest BCUT2D eigenvalue weighted by atomic mass is 32.2. The Balaban J connectivity index is 2.30. The molecule has 2 heterocycles. The Bertz CT molecular complexity index is 605. The Morgan fingerprint density at radius 2 is 2.29 bits per heavy atom. The average molecular weight is 248 g/mol. The van der Waals surface area contributed by atoms with Gasteiger partial charge in [0.05, 0.1) is 5.69 Å². The Morgan fingerprint density at radius 3 is 3.12 bits per heavy atom. The fraction of sp³-hybridized carbons (Fsp3) is 0.182. The van der Waals surface area contributed by atoms with Crippen LogP contribution in [0.15, 0.2) is 29.5 Å². The topological polar surface area (TPSA) is 43.1 Å². The van der Waals surface area contributed by atoms with Gasteiger partial charge in [-0.1, -0.05) is 0 Å². The number of rotatable bonds is 0. The Kier molecular flexibility index (Phi) is 2.44. The van der Waals surface area contributed by atoms with E-state index in [9.17, 15) is 4.39 Å². The summed E-state index contributed by atoms with van der Waals surface area (Å²) in [6.07, 6.45) is 3.56. The minimum absolute atomic E-state index is 0.262. The van der Waals surface area contributed by atoms with E-state index in [0.717, 1.165) is 22.1 Å². The molecule has 1 aromatic heterocycles. The maximum atomic E-state index is 13.3. The molecule has 4 nitrogen and oxygen atoms in total. The molecule has 0 N–H and O–H groups in total. The molecular weight excluding hydrogens is 239 g/mol. The van der Waals surface area contributed by atoms with Gasteiger partial charge in [0.15, 0.2) is 5.82 Å². The maximum Gasteiger partial charge on any atom is 0.159 e.